The van der Waals surface area contributed by atoms with Crippen molar-refractivity contribution in [1.82, 2.24) is 10.2 Å². The molecule has 6 nitrogen and oxygen atoms in total. The van der Waals surface area contributed by atoms with E-state index in [0.717, 1.165) is 18.4 Å². The maximum atomic E-state index is 12.7. The van der Waals surface area contributed by atoms with Crippen LogP contribution in [0.2, 0.25) is 0 Å². The van der Waals surface area contributed by atoms with Crippen molar-refractivity contribution in [2.24, 2.45) is 0 Å². The third-order valence-corrected chi connectivity index (χ3v) is 6.23. The van der Waals surface area contributed by atoms with Crippen molar-refractivity contribution in [1.29, 1.82) is 0 Å². The molecule has 8 heteroatoms. The van der Waals surface area contributed by atoms with Gasteiger partial charge in [-0.3, -0.25) is 14.5 Å². The second-order valence-corrected chi connectivity index (χ2v) is 8.42. The Morgan fingerprint density at radius 3 is 2.89 bits per heavy atom. The number of ether oxygens (including phenoxy) is 2. The zero-order chi connectivity index (χ0) is 18.8. The predicted molar refractivity (Wildman–Crippen MR) is 107 cm³/mol. The molecule has 1 aromatic carbocycles. The minimum atomic E-state index is -0.156. The maximum absolute atomic E-state index is 12.7. The van der Waals surface area contributed by atoms with Gasteiger partial charge >= 0.3 is 0 Å². The molecule has 2 fully saturated rings. The summed E-state index contributed by atoms with van der Waals surface area (Å²) in [7, 11) is 0. The fraction of sp³-hybridized carbons (Fsp3) is 0.421. The summed E-state index contributed by atoms with van der Waals surface area (Å²) in [5.41, 5.74) is 0.846. The van der Waals surface area contributed by atoms with E-state index in [1.54, 1.807) is 6.08 Å². The summed E-state index contributed by atoms with van der Waals surface area (Å²) in [6, 6.07) is 5.82. The van der Waals surface area contributed by atoms with Gasteiger partial charge in [0.25, 0.3) is 5.91 Å². The molecule has 0 unspecified atom stereocenters. The molecular formula is C19H20N2O4S2. The van der Waals surface area contributed by atoms with Crippen LogP contribution >= 0.6 is 24.0 Å². The predicted octanol–water partition coefficient (Wildman–Crippen LogP) is 3.07. The van der Waals surface area contributed by atoms with Gasteiger partial charge in [-0.05, 0) is 36.6 Å². The third-order valence-electron chi connectivity index (χ3n) is 4.85. The van der Waals surface area contributed by atoms with Crippen LogP contribution in [0.3, 0.4) is 0 Å². The summed E-state index contributed by atoms with van der Waals surface area (Å²) in [5.74, 6) is 1.20. The molecule has 4 rings (SSSR count). The molecule has 2 aliphatic heterocycles. The summed E-state index contributed by atoms with van der Waals surface area (Å²) in [4.78, 5) is 26.8. The van der Waals surface area contributed by atoms with Crippen molar-refractivity contribution >= 4 is 46.2 Å². The number of carbonyl (C=O) groups excluding carboxylic acids is 2. The molecule has 27 heavy (non-hydrogen) atoms. The summed E-state index contributed by atoms with van der Waals surface area (Å²) >= 11 is 6.60. The minimum absolute atomic E-state index is 0.0179. The summed E-state index contributed by atoms with van der Waals surface area (Å²) < 4.78 is 11.2. The highest BCUT2D eigenvalue weighted by Gasteiger charge is 2.32. The van der Waals surface area contributed by atoms with E-state index in [1.165, 1.54) is 29.5 Å². The lowest BCUT2D eigenvalue weighted by Crippen LogP contribution is -2.37. The number of carbonyl (C=O) groups is 2. The van der Waals surface area contributed by atoms with Gasteiger partial charge in [-0.2, -0.15) is 0 Å². The van der Waals surface area contributed by atoms with Gasteiger partial charge in [-0.25, -0.2) is 0 Å². The molecule has 2 heterocycles. The van der Waals surface area contributed by atoms with Crippen molar-refractivity contribution in [3.05, 3.63) is 28.7 Å². The Morgan fingerprint density at radius 2 is 2.07 bits per heavy atom. The number of fused-ring (bicyclic) bond motifs is 1. The molecule has 1 saturated heterocycles. The Balaban J connectivity index is 1.37. The second-order valence-electron chi connectivity index (χ2n) is 6.74. The van der Waals surface area contributed by atoms with Gasteiger partial charge in [0.1, 0.15) is 4.32 Å². The van der Waals surface area contributed by atoms with Crippen molar-refractivity contribution in [2.45, 2.75) is 38.1 Å². The molecule has 1 aromatic rings. The lowest BCUT2D eigenvalue weighted by Gasteiger charge is -2.16. The van der Waals surface area contributed by atoms with Crippen LogP contribution in [0.5, 0.6) is 11.5 Å². The van der Waals surface area contributed by atoms with Gasteiger partial charge in [0, 0.05) is 19.0 Å². The van der Waals surface area contributed by atoms with Crippen LogP contribution in [0, 0.1) is 0 Å². The van der Waals surface area contributed by atoms with Crippen LogP contribution in [0.1, 0.15) is 37.7 Å². The van der Waals surface area contributed by atoms with Gasteiger partial charge in [0.05, 0.1) is 4.91 Å². The van der Waals surface area contributed by atoms with Crippen LogP contribution in [0.25, 0.3) is 6.08 Å². The highest BCUT2D eigenvalue weighted by atomic mass is 32.2. The Morgan fingerprint density at radius 1 is 1.30 bits per heavy atom. The number of hydrogen-bond acceptors (Lipinski definition) is 6. The largest absolute Gasteiger partial charge is 0.454 e. The van der Waals surface area contributed by atoms with E-state index in [9.17, 15) is 9.59 Å². The van der Waals surface area contributed by atoms with Crippen molar-refractivity contribution in [2.75, 3.05) is 13.3 Å². The molecule has 2 amide bonds. The molecule has 0 bridgehead atoms. The van der Waals surface area contributed by atoms with Crippen LogP contribution in [-0.2, 0) is 9.59 Å². The first-order valence-electron chi connectivity index (χ1n) is 9.04. The number of hydrogen-bond donors (Lipinski definition) is 1. The average Bonchev–Trinajstić information content (AvgIpc) is 3.36. The molecule has 1 aliphatic carbocycles. The topological polar surface area (TPSA) is 67.9 Å². The summed E-state index contributed by atoms with van der Waals surface area (Å²) in [5, 5.41) is 3.04. The molecular weight excluding hydrogens is 384 g/mol. The summed E-state index contributed by atoms with van der Waals surface area (Å²) in [6.45, 7) is 0.519. The highest BCUT2D eigenvalue weighted by Crippen LogP contribution is 2.36. The number of thioether (sulfide) groups is 1. The van der Waals surface area contributed by atoms with Crippen LogP contribution in [0.4, 0.5) is 0 Å². The van der Waals surface area contributed by atoms with Gasteiger partial charge in [-0.1, -0.05) is 42.9 Å². The van der Waals surface area contributed by atoms with Gasteiger partial charge in [0.15, 0.2) is 11.5 Å². The molecule has 1 N–H and O–H groups in total. The van der Waals surface area contributed by atoms with Crippen LogP contribution < -0.4 is 14.8 Å². The van der Waals surface area contributed by atoms with E-state index in [1.807, 2.05) is 18.2 Å². The van der Waals surface area contributed by atoms with E-state index < -0.39 is 0 Å². The Hall–Kier alpha value is -2.06. The molecule has 1 saturated carbocycles. The van der Waals surface area contributed by atoms with E-state index in [4.69, 9.17) is 21.7 Å². The van der Waals surface area contributed by atoms with Crippen molar-refractivity contribution in [3.8, 4) is 11.5 Å². The number of thiocarbonyl (C=S) groups is 1. The number of nitrogens with one attached hydrogen (secondary N) is 1. The van der Waals surface area contributed by atoms with E-state index in [2.05, 4.69) is 5.32 Å². The lowest BCUT2D eigenvalue weighted by atomic mass is 10.2. The first-order chi connectivity index (χ1) is 13.1. The zero-order valence-electron chi connectivity index (χ0n) is 14.7. The zero-order valence-corrected chi connectivity index (χ0v) is 16.4. The second kappa shape index (κ2) is 7.90. The van der Waals surface area contributed by atoms with E-state index >= 15 is 0 Å². The summed E-state index contributed by atoms with van der Waals surface area (Å²) in [6.07, 6.45) is 6.49. The van der Waals surface area contributed by atoms with Crippen molar-refractivity contribution in [3.63, 3.8) is 0 Å². The molecule has 0 spiro atoms. The molecule has 142 valence electrons. The van der Waals surface area contributed by atoms with E-state index in [-0.39, 0.29) is 31.1 Å². The first kappa shape index (κ1) is 18.3. The standard InChI is InChI=1S/C19H20N2O4S2/c22-17(20-13-3-1-2-4-13)7-8-21-18(23)16(27-19(21)26)10-12-5-6-14-15(9-12)25-11-24-14/h5-6,9-10,13H,1-4,7-8,11H2,(H,20,22)/b16-10+. The highest BCUT2D eigenvalue weighted by molar-refractivity contribution is 8.26. The van der Waals surface area contributed by atoms with Crippen molar-refractivity contribution < 1.29 is 19.1 Å². The van der Waals surface area contributed by atoms with E-state index in [0.29, 0.717) is 27.3 Å². The SMILES string of the molecule is O=C(CCN1C(=O)/C(=C\c2ccc3c(c2)OCO3)SC1=S)NC1CCCC1. The number of rotatable bonds is 5. The fourth-order valence-electron chi connectivity index (χ4n) is 3.43. The fourth-order valence-corrected chi connectivity index (χ4v) is 4.74. The molecule has 0 atom stereocenters. The minimum Gasteiger partial charge on any atom is -0.454 e. The smallest absolute Gasteiger partial charge is 0.266 e. The lowest BCUT2D eigenvalue weighted by molar-refractivity contribution is -0.124. The molecule has 0 radical (unpaired) electrons. The first-order valence-corrected chi connectivity index (χ1v) is 10.3. The maximum Gasteiger partial charge on any atom is 0.266 e. The van der Waals surface area contributed by atoms with Gasteiger partial charge in [0.2, 0.25) is 12.7 Å². The quantitative estimate of drug-likeness (QED) is 0.601. The average molecular weight is 405 g/mol. The van der Waals surface area contributed by atoms with Crippen LogP contribution in [-0.4, -0.2) is 40.4 Å². The number of benzene rings is 1. The van der Waals surface area contributed by atoms with Gasteiger partial charge < -0.3 is 14.8 Å². The monoisotopic (exact) mass is 404 g/mol. The normalized spacial score (nSPS) is 20.7. The van der Waals surface area contributed by atoms with Gasteiger partial charge in [-0.15, -0.1) is 0 Å². The van der Waals surface area contributed by atoms with Crippen LogP contribution in [0.15, 0.2) is 23.1 Å². The Kier molecular flexibility index (Phi) is 5.36. The Bertz CT molecular complexity index is 818. The molecule has 3 aliphatic rings. The molecule has 0 aromatic heterocycles. The Labute approximate surface area is 167 Å². The number of amides is 2. The number of nitrogens with zero attached hydrogens (tertiary/aromatic N) is 1. The third kappa shape index (κ3) is 4.11.